The Morgan fingerprint density at radius 3 is 2.95 bits per heavy atom. The summed E-state index contributed by atoms with van der Waals surface area (Å²) in [5.74, 6) is 0.565. The van der Waals surface area contributed by atoms with E-state index in [4.69, 9.17) is 0 Å². The molecule has 2 N–H and O–H groups in total. The van der Waals surface area contributed by atoms with Gasteiger partial charge in [-0.1, -0.05) is 12.1 Å². The van der Waals surface area contributed by atoms with Crippen LogP contribution in [0.2, 0.25) is 0 Å². The molecule has 0 amide bonds. The van der Waals surface area contributed by atoms with E-state index >= 15 is 0 Å². The first-order valence-electron chi connectivity index (χ1n) is 7.19. The number of nitrogens with one attached hydrogen (secondary N) is 2. The molecule has 1 saturated heterocycles. The van der Waals surface area contributed by atoms with Gasteiger partial charge in [0.15, 0.2) is 0 Å². The number of nitrogens with zero attached hydrogens (tertiary/aromatic N) is 3. The van der Waals surface area contributed by atoms with E-state index in [9.17, 15) is 10.1 Å². The zero-order valence-electron chi connectivity index (χ0n) is 12.2. The number of aromatic nitrogens is 2. The molecule has 1 unspecified atom stereocenters. The topological polar surface area (TPSA) is 93.0 Å². The smallest absolute Gasteiger partial charge is 0.270 e. The van der Waals surface area contributed by atoms with Crippen LogP contribution in [-0.4, -0.2) is 34.0 Å². The van der Waals surface area contributed by atoms with Gasteiger partial charge in [-0.25, -0.2) is 9.97 Å². The maximum absolute atomic E-state index is 10.9. The average Bonchev–Trinajstić information content (AvgIpc) is 2.99. The molecular weight excluding hydrogens is 282 g/mol. The van der Waals surface area contributed by atoms with Crippen LogP contribution in [0.4, 0.5) is 11.6 Å². The lowest BCUT2D eigenvalue weighted by Gasteiger charge is -2.12. The van der Waals surface area contributed by atoms with Crippen LogP contribution >= 0.6 is 0 Å². The second kappa shape index (κ2) is 6.07. The molecule has 7 nitrogen and oxygen atoms in total. The first kappa shape index (κ1) is 14.4. The van der Waals surface area contributed by atoms with Crippen LogP contribution in [0.5, 0.6) is 0 Å². The van der Waals surface area contributed by atoms with Gasteiger partial charge in [-0.2, -0.15) is 0 Å². The van der Waals surface area contributed by atoms with Crippen molar-refractivity contribution in [3.63, 3.8) is 0 Å². The van der Waals surface area contributed by atoms with Crippen molar-refractivity contribution in [3.8, 4) is 11.3 Å². The molecule has 0 bridgehead atoms. The van der Waals surface area contributed by atoms with E-state index in [0.29, 0.717) is 23.2 Å². The number of aryl methyl sites for hydroxylation is 1. The highest BCUT2D eigenvalue weighted by atomic mass is 16.6. The SMILES string of the molecule is Cc1cc(-c2cccc([N+](=O)[O-])c2)nc(NC2CCNC2)n1. The fraction of sp³-hybridized carbons (Fsp3) is 0.333. The van der Waals surface area contributed by atoms with Gasteiger partial charge in [-0.05, 0) is 26.0 Å². The van der Waals surface area contributed by atoms with Gasteiger partial charge in [0.05, 0.1) is 10.6 Å². The van der Waals surface area contributed by atoms with Crippen molar-refractivity contribution in [1.29, 1.82) is 0 Å². The number of benzene rings is 1. The molecule has 22 heavy (non-hydrogen) atoms. The van der Waals surface area contributed by atoms with E-state index in [1.807, 2.05) is 19.1 Å². The van der Waals surface area contributed by atoms with E-state index in [0.717, 1.165) is 25.2 Å². The number of nitro benzene ring substituents is 1. The second-order valence-corrected chi connectivity index (χ2v) is 5.36. The highest BCUT2D eigenvalue weighted by Gasteiger charge is 2.16. The first-order valence-corrected chi connectivity index (χ1v) is 7.19. The molecule has 0 spiro atoms. The Kier molecular flexibility index (Phi) is 3.97. The molecule has 1 aliphatic heterocycles. The Labute approximate surface area is 127 Å². The third kappa shape index (κ3) is 3.20. The summed E-state index contributed by atoms with van der Waals surface area (Å²) in [6.07, 6.45) is 1.03. The molecule has 0 radical (unpaired) electrons. The van der Waals surface area contributed by atoms with Crippen molar-refractivity contribution >= 4 is 11.6 Å². The summed E-state index contributed by atoms with van der Waals surface area (Å²) in [6.45, 7) is 3.77. The van der Waals surface area contributed by atoms with E-state index in [1.165, 1.54) is 12.1 Å². The van der Waals surface area contributed by atoms with Crippen LogP contribution in [0.1, 0.15) is 12.1 Å². The molecule has 3 rings (SSSR count). The summed E-state index contributed by atoms with van der Waals surface area (Å²) >= 11 is 0. The van der Waals surface area contributed by atoms with Crippen molar-refractivity contribution in [3.05, 3.63) is 46.1 Å². The van der Waals surface area contributed by atoms with Crippen LogP contribution in [-0.2, 0) is 0 Å². The lowest BCUT2D eigenvalue weighted by Crippen LogP contribution is -2.23. The molecule has 0 saturated carbocycles. The minimum Gasteiger partial charge on any atom is -0.350 e. The summed E-state index contributed by atoms with van der Waals surface area (Å²) in [6, 6.07) is 8.63. The quantitative estimate of drug-likeness (QED) is 0.663. The van der Waals surface area contributed by atoms with Crippen molar-refractivity contribution in [2.45, 2.75) is 19.4 Å². The molecule has 1 aliphatic rings. The maximum Gasteiger partial charge on any atom is 0.270 e. The lowest BCUT2D eigenvalue weighted by molar-refractivity contribution is -0.384. The number of anilines is 1. The summed E-state index contributed by atoms with van der Waals surface area (Å²) in [5, 5.41) is 17.5. The third-order valence-corrected chi connectivity index (χ3v) is 3.60. The molecule has 1 aromatic heterocycles. The minimum atomic E-state index is -0.402. The molecule has 1 aromatic carbocycles. The zero-order valence-corrected chi connectivity index (χ0v) is 12.2. The Morgan fingerprint density at radius 1 is 1.36 bits per heavy atom. The van der Waals surface area contributed by atoms with Crippen molar-refractivity contribution in [2.75, 3.05) is 18.4 Å². The standard InChI is InChI=1S/C15H17N5O2/c1-10-7-14(11-3-2-4-13(8-11)20(21)22)19-15(17-10)18-12-5-6-16-9-12/h2-4,7-8,12,16H,5-6,9H2,1H3,(H,17,18,19). The van der Waals surface area contributed by atoms with Crippen molar-refractivity contribution in [1.82, 2.24) is 15.3 Å². The Bertz CT molecular complexity index is 698. The Morgan fingerprint density at radius 2 is 2.23 bits per heavy atom. The molecule has 0 aliphatic carbocycles. The summed E-state index contributed by atoms with van der Waals surface area (Å²) in [7, 11) is 0. The van der Waals surface area contributed by atoms with Crippen LogP contribution < -0.4 is 10.6 Å². The predicted octanol–water partition coefficient (Wildman–Crippen LogP) is 2.13. The number of non-ortho nitro benzene ring substituents is 1. The molecule has 7 heteroatoms. The molecular formula is C15H17N5O2. The van der Waals surface area contributed by atoms with Gasteiger partial charge in [-0.3, -0.25) is 10.1 Å². The first-order chi connectivity index (χ1) is 10.6. The summed E-state index contributed by atoms with van der Waals surface area (Å²) in [5.41, 5.74) is 2.28. The van der Waals surface area contributed by atoms with Gasteiger partial charge < -0.3 is 10.6 Å². The minimum absolute atomic E-state index is 0.0586. The van der Waals surface area contributed by atoms with Gasteiger partial charge >= 0.3 is 0 Å². The fourth-order valence-electron chi connectivity index (χ4n) is 2.52. The predicted molar refractivity (Wildman–Crippen MR) is 83.8 cm³/mol. The molecule has 2 heterocycles. The van der Waals surface area contributed by atoms with E-state index < -0.39 is 4.92 Å². The van der Waals surface area contributed by atoms with Gasteiger partial charge in [0.25, 0.3) is 5.69 Å². The van der Waals surface area contributed by atoms with Crippen LogP contribution in [0.25, 0.3) is 11.3 Å². The van der Waals surface area contributed by atoms with E-state index in [1.54, 1.807) is 6.07 Å². The van der Waals surface area contributed by atoms with Gasteiger partial charge in [0.2, 0.25) is 5.95 Å². The van der Waals surface area contributed by atoms with Crippen molar-refractivity contribution < 1.29 is 4.92 Å². The largest absolute Gasteiger partial charge is 0.350 e. The number of hydrogen-bond donors (Lipinski definition) is 2. The van der Waals surface area contributed by atoms with E-state index in [2.05, 4.69) is 20.6 Å². The normalized spacial score (nSPS) is 17.4. The third-order valence-electron chi connectivity index (χ3n) is 3.60. The highest BCUT2D eigenvalue weighted by molar-refractivity contribution is 5.63. The monoisotopic (exact) mass is 299 g/mol. The Hall–Kier alpha value is -2.54. The molecule has 1 atom stereocenters. The van der Waals surface area contributed by atoms with Gasteiger partial charge in [0.1, 0.15) is 0 Å². The van der Waals surface area contributed by atoms with Crippen molar-refractivity contribution in [2.24, 2.45) is 0 Å². The lowest BCUT2D eigenvalue weighted by atomic mass is 10.1. The number of nitro groups is 1. The molecule has 2 aromatic rings. The number of rotatable bonds is 4. The van der Waals surface area contributed by atoms with Crippen LogP contribution in [0.3, 0.4) is 0 Å². The average molecular weight is 299 g/mol. The Balaban J connectivity index is 1.91. The maximum atomic E-state index is 10.9. The number of hydrogen-bond acceptors (Lipinski definition) is 6. The fourth-order valence-corrected chi connectivity index (χ4v) is 2.52. The highest BCUT2D eigenvalue weighted by Crippen LogP contribution is 2.24. The van der Waals surface area contributed by atoms with Crippen LogP contribution in [0, 0.1) is 17.0 Å². The van der Waals surface area contributed by atoms with Crippen LogP contribution in [0.15, 0.2) is 30.3 Å². The zero-order chi connectivity index (χ0) is 15.5. The van der Waals surface area contributed by atoms with Gasteiger partial charge in [-0.15, -0.1) is 0 Å². The van der Waals surface area contributed by atoms with E-state index in [-0.39, 0.29) is 5.69 Å². The van der Waals surface area contributed by atoms with Gasteiger partial charge in [0, 0.05) is 36.0 Å². The summed E-state index contributed by atoms with van der Waals surface area (Å²) in [4.78, 5) is 19.4. The second-order valence-electron chi connectivity index (χ2n) is 5.36. The summed E-state index contributed by atoms with van der Waals surface area (Å²) < 4.78 is 0. The molecule has 1 fully saturated rings. The molecule has 114 valence electrons.